The average molecular weight is 421 g/mol. The highest BCUT2D eigenvalue weighted by Crippen LogP contribution is 2.17. The van der Waals surface area contributed by atoms with Crippen LogP contribution in [0.1, 0.15) is 15.9 Å². The lowest BCUT2D eigenvalue weighted by Crippen LogP contribution is -2.33. The molecular formula is C22H17ClN4O3. The van der Waals surface area contributed by atoms with Gasteiger partial charge in [0.1, 0.15) is 0 Å². The number of hydrazone groups is 1. The van der Waals surface area contributed by atoms with E-state index >= 15 is 0 Å². The van der Waals surface area contributed by atoms with Crippen molar-refractivity contribution < 1.29 is 14.4 Å². The van der Waals surface area contributed by atoms with Gasteiger partial charge in [0.2, 0.25) is 0 Å². The second-order valence-electron chi connectivity index (χ2n) is 6.07. The first-order valence-corrected chi connectivity index (χ1v) is 9.26. The Kier molecular flexibility index (Phi) is 6.91. The molecule has 0 aromatic heterocycles. The fourth-order valence-electron chi connectivity index (χ4n) is 2.49. The molecule has 0 aliphatic rings. The van der Waals surface area contributed by atoms with Crippen molar-refractivity contribution in [2.45, 2.75) is 0 Å². The van der Waals surface area contributed by atoms with Crippen LogP contribution in [0.25, 0.3) is 0 Å². The van der Waals surface area contributed by atoms with Gasteiger partial charge in [0.05, 0.1) is 17.5 Å². The van der Waals surface area contributed by atoms with E-state index in [1.165, 1.54) is 12.3 Å². The highest BCUT2D eigenvalue weighted by atomic mass is 35.5. The summed E-state index contributed by atoms with van der Waals surface area (Å²) in [6.45, 7) is 0. The standard InChI is InChI=1S/C22H17ClN4O3/c23-16-8-6-7-15(13-16)14-24-27-22(30)21(29)26-19-12-5-4-11-18(19)20(28)25-17-9-2-1-3-10-17/h1-14H,(H,25,28)(H,26,29)(H,27,30)/b24-14-. The third kappa shape index (κ3) is 5.76. The molecule has 0 atom stereocenters. The molecule has 0 unspecified atom stereocenters. The van der Waals surface area contributed by atoms with Gasteiger partial charge in [-0.15, -0.1) is 0 Å². The van der Waals surface area contributed by atoms with Gasteiger partial charge in [-0.25, -0.2) is 5.43 Å². The van der Waals surface area contributed by atoms with Gasteiger partial charge < -0.3 is 10.6 Å². The summed E-state index contributed by atoms with van der Waals surface area (Å²) in [6.07, 6.45) is 1.36. The van der Waals surface area contributed by atoms with E-state index in [1.54, 1.807) is 66.7 Å². The van der Waals surface area contributed by atoms with Gasteiger partial charge in [-0.05, 0) is 42.0 Å². The zero-order valence-electron chi connectivity index (χ0n) is 15.6. The zero-order chi connectivity index (χ0) is 21.3. The van der Waals surface area contributed by atoms with Crippen LogP contribution in [0.15, 0.2) is 84.0 Å². The summed E-state index contributed by atoms with van der Waals surface area (Å²) in [5.74, 6) is -2.36. The lowest BCUT2D eigenvalue weighted by molar-refractivity contribution is -0.136. The molecule has 30 heavy (non-hydrogen) atoms. The van der Waals surface area contributed by atoms with E-state index in [-0.39, 0.29) is 11.3 Å². The first-order valence-electron chi connectivity index (χ1n) is 8.88. The number of nitrogens with zero attached hydrogens (tertiary/aromatic N) is 1. The molecule has 0 fully saturated rings. The molecule has 150 valence electrons. The summed E-state index contributed by atoms with van der Waals surface area (Å²) in [6, 6.07) is 22.1. The number of para-hydroxylation sites is 2. The van der Waals surface area contributed by atoms with Crippen LogP contribution in [0, 0.1) is 0 Å². The molecule has 0 bridgehead atoms. The third-order valence-corrected chi connectivity index (χ3v) is 4.12. The normalized spacial score (nSPS) is 10.4. The van der Waals surface area contributed by atoms with Crippen LogP contribution < -0.4 is 16.1 Å². The molecule has 0 aliphatic heterocycles. The quantitative estimate of drug-likeness (QED) is 0.333. The topological polar surface area (TPSA) is 99.7 Å². The number of rotatable bonds is 5. The SMILES string of the molecule is O=C(N/N=C\c1cccc(Cl)c1)C(=O)Nc1ccccc1C(=O)Nc1ccccc1. The summed E-state index contributed by atoms with van der Waals surface area (Å²) >= 11 is 5.87. The smallest absolute Gasteiger partial charge is 0.322 e. The van der Waals surface area contributed by atoms with Gasteiger partial charge in [0.25, 0.3) is 5.91 Å². The van der Waals surface area contributed by atoms with E-state index < -0.39 is 17.7 Å². The zero-order valence-corrected chi connectivity index (χ0v) is 16.4. The molecule has 0 spiro atoms. The molecule has 8 heteroatoms. The summed E-state index contributed by atoms with van der Waals surface area (Å²) in [4.78, 5) is 36.8. The van der Waals surface area contributed by atoms with Crippen molar-refractivity contribution in [1.82, 2.24) is 5.43 Å². The van der Waals surface area contributed by atoms with Crippen LogP contribution in [-0.2, 0) is 9.59 Å². The minimum absolute atomic E-state index is 0.199. The van der Waals surface area contributed by atoms with Crippen molar-refractivity contribution >= 4 is 46.9 Å². The Bertz CT molecular complexity index is 1100. The van der Waals surface area contributed by atoms with Crippen LogP contribution in [0.5, 0.6) is 0 Å². The van der Waals surface area contributed by atoms with Crippen molar-refractivity contribution in [2.24, 2.45) is 5.10 Å². The van der Waals surface area contributed by atoms with Crippen LogP contribution in [0.3, 0.4) is 0 Å². The maximum Gasteiger partial charge on any atom is 0.329 e. The predicted octanol–water partition coefficient (Wildman–Crippen LogP) is 3.68. The molecule has 3 aromatic rings. The van der Waals surface area contributed by atoms with Crippen molar-refractivity contribution in [1.29, 1.82) is 0 Å². The highest BCUT2D eigenvalue weighted by Gasteiger charge is 2.17. The van der Waals surface area contributed by atoms with Crippen molar-refractivity contribution in [2.75, 3.05) is 10.6 Å². The molecule has 3 amide bonds. The summed E-state index contributed by atoms with van der Waals surface area (Å²) in [5, 5.41) is 9.42. The van der Waals surface area contributed by atoms with Crippen molar-refractivity contribution in [3.05, 3.63) is 95.0 Å². The summed E-state index contributed by atoms with van der Waals surface area (Å²) in [7, 11) is 0. The van der Waals surface area contributed by atoms with E-state index in [1.807, 2.05) is 6.07 Å². The fraction of sp³-hybridized carbons (Fsp3) is 0. The monoisotopic (exact) mass is 420 g/mol. The molecular weight excluding hydrogens is 404 g/mol. The second-order valence-corrected chi connectivity index (χ2v) is 6.51. The Balaban J connectivity index is 1.63. The number of hydrogen-bond donors (Lipinski definition) is 3. The number of halogens is 1. The van der Waals surface area contributed by atoms with E-state index in [4.69, 9.17) is 11.6 Å². The average Bonchev–Trinajstić information content (AvgIpc) is 2.74. The molecule has 0 heterocycles. The van der Waals surface area contributed by atoms with Gasteiger partial charge in [0.15, 0.2) is 0 Å². The first-order chi connectivity index (χ1) is 14.5. The van der Waals surface area contributed by atoms with Gasteiger partial charge in [-0.1, -0.05) is 54.1 Å². The summed E-state index contributed by atoms with van der Waals surface area (Å²) < 4.78 is 0. The Morgan fingerprint density at radius 2 is 1.53 bits per heavy atom. The van der Waals surface area contributed by atoms with Crippen LogP contribution in [-0.4, -0.2) is 23.9 Å². The van der Waals surface area contributed by atoms with Crippen LogP contribution in [0.4, 0.5) is 11.4 Å². The Morgan fingerprint density at radius 3 is 2.30 bits per heavy atom. The molecule has 3 aromatic carbocycles. The highest BCUT2D eigenvalue weighted by molar-refractivity contribution is 6.40. The molecule has 3 rings (SSSR count). The number of nitrogens with one attached hydrogen (secondary N) is 3. The van der Waals surface area contributed by atoms with E-state index in [0.717, 1.165) is 0 Å². The van der Waals surface area contributed by atoms with Crippen molar-refractivity contribution in [3.8, 4) is 0 Å². The number of benzene rings is 3. The Hall–Kier alpha value is -3.97. The molecule has 0 aliphatic carbocycles. The van der Waals surface area contributed by atoms with Gasteiger partial charge >= 0.3 is 11.8 Å². The number of anilines is 2. The number of hydrogen-bond acceptors (Lipinski definition) is 4. The Morgan fingerprint density at radius 1 is 0.800 bits per heavy atom. The number of carbonyl (C=O) groups excluding carboxylic acids is 3. The number of amides is 3. The lowest BCUT2D eigenvalue weighted by Gasteiger charge is -2.11. The second kappa shape index (κ2) is 9.99. The molecule has 0 saturated carbocycles. The third-order valence-electron chi connectivity index (χ3n) is 3.89. The van der Waals surface area contributed by atoms with Crippen LogP contribution >= 0.6 is 11.6 Å². The molecule has 0 radical (unpaired) electrons. The van der Waals surface area contributed by atoms with Crippen LogP contribution in [0.2, 0.25) is 5.02 Å². The summed E-state index contributed by atoms with van der Waals surface area (Å²) in [5.41, 5.74) is 3.81. The molecule has 0 saturated heterocycles. The van der Waals surface area contributed by atoms with E-state index in [0.29, 0.717) is 16.3 Å². The minimum Gasteiger partial charge on any atom is -0.322 e. The molecule has 7 nitrogen and oxygen atoms in total. The molecule has 3 N–H and O–H groups in total. The van der Waals surface area contributed by atoms with Crippen molar-refractivity contribution in [3.63, 3.8) is 0 Å². The van der Waals surface area contributed by atoms with Gasteiger partial charge in [-0.3, -0.25) is 14.4 Å². The Labute approximate surface area is 177 Å². The maximum atomic E-state index is 12.5. The number of carbonyl (C=O) groups is 3. The van der Waals surface area contributed by atoms with E-state index in [2.05, 4.69) is 21.2 Å². The predicted molar refractivity (Wildman–Crippen MR) is 117 cm³/mol. The first kappa shape index (κ1) is 20.8. The minimum atomic E-state index is -0.980. The van der Waals surface area contributed by atoms with Gasteiger partial charge in [-0.2, -0.15) is 5.10 Å². The van der Waals surface area contributed by atoms with Gasteiger partial charge in [0, 0.05) is 10.7 Å². The maximum absolute atomic E-state index is 12.5. The fourth-order valence-corrected chi connectivity index (χ4v) is 2.69. The largest absolute Gasteiger partial charge is 0.329 e. The lowest BCUT2D eigenvalue weighted by atomic mass is 10.1. The van der Waals surface area contributed by atoms with E-state index in [9.17, 15) is 14.4 Å².